The van der Waals surface area contributed by atoms with Gasteiger partial charge in [0.1, 0.15) is 0 Å². The van der Waals surface area contributed by atoms with Crippen LogP contribution >= 0.6 is 11.3 Å². The van der Waals surface area contributed by atoms with Crippen molar-refractivity contribution in [1.29, 1.82) is 0 Å². The van der Waals surface area contributed by atoms with Gasteiger partial charge in [0.2, 0.25) is 0 Å². The minimum absolute atomic E-state index is 0.568. The van der Waals surface area contributed by atoms with Crippen LogP contribution in [0.1, 0.15) is 35.2 Å². The van der Waals surface area contributed by atoms with E-state index < -0.39 is 0 Å². The van der Waals surface area contributed by atoms with Crippen molar-refractivity contribution in [1.82, 2.24) is 20.0 Å². The second-order valence-corrected chi connectivity index (χ2v) is 7.18. The van der Waals surface area contributed by atoms with E-state index in [9.17, 15) is 0 Å². The molecule has 0 spiro atoms. The standard InChI is InChI=1S/C18H20N4OS/c1-13-10-16(23-21-13)11-22-8-4-15(5-9-22)18-20-17(12-24-18)14-2-6-19-7-3-14/h2-3,6-7,10,12,15H,4-5,8-9,11H2,1H3. The molecule has 5 nitrogen and oxygen atoms in total. The average molecular weight is 340 g/mol. The monoisotopic (exact) mass is 340 g/mol. The molecule has 0 atom stereocenters. The fourth-order valence-electron chi connectivity index (χ4n) is 3.18. The van der Waals surface area contributed by atoms with Crippen molar-refractivity contribution < 1.29 is 4.52 Å². The highest BCUT2D eigenvalue weighted by atomic mass is 32.1. The number of hydrogen-bond acceptors (Lipinski definition) is 6. The maximum absolute atomic E-state index is 5.32. The molecular weight excluding hydrogens is 320 g/mol. The first-order valence-corrected chi connectivity index (χ1v) is 9.16. The Bertz CT molecular complexity index is 790. The summed E-state index contributed by atoms with van der Waals surface area (Å²) in [6, 6.07) is 6.05. The van der Waals surface area contributed by atoms with E-state index >= 15 is 0 Å². The highest BCUT2D eigenvalue weighted by molar-refractivity contribution is 7.10. The normalized spacial score (nSPS) is 16.5. The van der Waals surface area contributed by atoms with E-state index in [0.717, 1.165) is 55.2 Å². The third-order valence-electron chi connectivity index (χ3n) is 4.49. The molecule has 4 heterocycles. The van der Waals surface area contributed by atoms with Crippen molar-refractivity contribution in [3.8, 4) is 11.3 Å². The summed E-state index contributed by atoms with van der Waals surface area (Å²) in [6.07, 6.45) is 5.93. The molecule has 0 aromatic carbocycles. The number of pyridine rings is 1. The maximum atomic E-state index is 5.32. The Hall–Kier alpha value is -2.05. The van der Waals surface area contributed by atoms with Crippen molar-refractivity contribution in [2.45, 2.75) is 32.2 Å². The zero-order chi connectivity index (χ0) is 16.4. The van der Waals surface area contributed by atoms with Crippen LogP contribution in [0.25, 0.3) is 11.3 Å². The molecule has 0 radical (unpaired) electrons. The van der Waals surface area contributed by atoms with E-state index in [1.54, 1.807) is 11.3 Å². The zero-order valence-electron chi connectivity index (χ0n) is 13.7. The Morgan fingerprint density at radius 1 is 1.25 bits per heavy atom. The quantitative estimate of drug-likeness (QED) is 0.721. The molecule has 0 unspecified atom stereocenters. The van der Waals surface area contributed by atoms with Crippen LogP contribution in [-0.4, -0.2) is 33.1 Å². The van der Waals surface area contributed by atoms with Crippen molar-refractivity contribution in [2.24, 2.45) is 0 Å². The Morgan fingerprint density at radius 3 is 2.75 bits per heavy atom. The van der Waals surface area contributed by atoms with E-state index in [-0.39, 0.29) is 0 Å². The first-order chi connectivity index (χ1) is 11.8. The van der Waals surface area contributed by atoms with E-state index in [0.29, 0.717) is 5.92 Å². The highest BCUT2D eigenvalue weighted by Gasteiger charge is 2.23. The number of thiazole rings is 1. The highest BCUT2D eigenvalue weighted by Crippen LogP contribution is 2.33. The first kappa shape index (κ1) is 15.5. The van der Waals surface area contributed by atoms with E-state index in [1.807, 2.05) is 37.5 Å². The molecule has 3 aromatic heterocycles. The van der Waals surface area contributed by atoms with Gasteiger partial charge in [0, 0.05) is 35.3 Å². The molecule has 1 aliphatic heterocycles. The Labute approximate surface area is 145 Å². The Balaban J connectivity index is 1.37. The number of piperidine rings is 1. The van der Waals surface area contributed by atoms with Crippen molar-refractivity contribution in [3.63, 3.8) is 0 Å². The van der Waals surface area contributed by atoms with Crippen LogP contribution in [0.3, 0.4) is 0 Å². The fraction of sp³-hybridized carbons (Fsp3) is 0.389. The third kappa shape index (κ3) is 3.39. The first-order valence-electron chi connectivity index (χ1n) is 8.28. The Morgan fingerprint density at radius 2 is 2.04 bits per heavy atom. The zero-order valence-corrected chi connectivity index (χ0v) is 14.5. The molecular formula is C18H20N4OS. The molecule has 4 rings (SSSR count). The van der Waals surface area contributed by atoms with Crippen LogP contribution in [0.15, 0.2) is 40.5 Å². The van der Waals surface area contributed by atoms with Gasteiger partial charge >= 0.3 is 0 Å². The second kappa shape index (κ2) is 6.83. The molecule has 0 bridgehead atoms. The third-order valence-corrected chi connectivity index (χ3v) is 5.50. The summed E-state index contributed by atoms with van der Waals surface area (Å²) in [6.45, 7) is 4.97. The van der Waals surface area contributed by atoms with Crippen molar-refractivity contribution >= 4 is 11.3 Å². The van der Waals surface area contributed by atoms with Crippen LogP contribution in [0.4, 0.5) is 0 Å². The molecule has 3 aromatic rings. The molecule has 24 heavy (non-hydrogen) atoms. The molecule has 6 heteroatoms. The summed E-state index contributed by atoms with van der Waals surface area (Å²) in [5.41, 5.74) is 3.16. The topological polar surface area (TPSA) is 55.1 Å². The largest absolute Gasteiger partial charge is 0.360 e. The number of likely N-dealkylation sites (tertiary alicyclic amines) is 1. The van der Waals surface area contributed by atoms with Gasteiger partial charge in [-0.1, -0.05) is 5.16 Å². The summed E-state index contributed by atoms with van der Waals surface area (Å²) in [4.78, 5) is 11.4. The van der Waals surface area contributed by atoms with Gasteiger partial charge in [-0.3, -0.25) is 9.88 Å². The SMILES string of the molecule is Cc1cc(CN2CCC(c3nc(-c4ccncc4)cs3)CC2)on1. The molecule has 1 aliphatic rings. The molecule has 0 saturated carbocycles. The fourth-order valence-corrected chi connectivity index (χ4v) is 4.18. The van der Waals surface area contributed by atoms with Gasteiger partial charge in [-0.2, -0.15) is 0 Å². The molecule has 0 N–H and O–H groups in total. The summed E-state index contributed by atoms with van der Waals surface area (Å²) in [5.74, 6) is 1.53. The van der Waals surface area contributed by atoms with Gasteiger partial charge in [0.15, 0.2) is 5.76 Å². The Kier molecular flexibility index (Phi) is 4.40. The average Bonchev–Trinajstić information content (AvgIpc) is 3.26. The summed E-state index contributed by atoms with van der Waals surface area (Å²) < 4.78 is 5.32. The van der Waals surface area contributed by atoms with Gasteiger partial charge in [0.05, 0.1) is 22.9 Å². The van der Waals surface area contributed by atoms with E-state index in [4.69, 9.17) is 9.51 Å². The predicted octanol–water partition coefficient (Wildman–Crippen LogP) is 3.88. The number of aromatic nitrogens is 3. The van der Waals surface area contributed by atoms with Crippen LogP contribution in [0.2, 0.25) is 0 Å². The van der Waals surface area contributed by atoms with Gasteiger partial charge < -0.3 is 4.52 Å². The van der Waals surface area contributed by atoms with Gasteiger partial charge in [-0.15, -0.1) is 11.3 Å². The number of rotatable bonds is 4. The number of aryl methyl sites for hydroxylation is 1. The lowest BCUT2D eigenvalue weighted by molar-refractivity contribution is 0.184. The van der Waals surface area contributed by atoms with Gasteiger partial charge in [-0.05, 0) is 45.0 Å². The molecule has 1 fully saturated rings. The summed E-state index contributed by atoms with van der Waals surface area (Å²) in [7, 11) is 0. The molecule has 0 aliphatic carbocycles. The maximum Gasteiger partial charge on any atom is 0.150 e. The van der Waals surface area contributed by atoms with Crippen LogP contribution in [0, 0.1) is 6.92 Å². The second-order valence-electron chi connectivity index (χ2n) is 6.29. The predicted molar refractivity (Wildman–Crippen MR) is 93.8 cm³/mol. The lowest BCUT2D eigenvalue weighted by Crippen LogP contribution is -2.32. The summed E-state index contributed by atoms with van der Waals surface area (Å²) >= 11 is 1.78. The molecule has 0 amide bonds. The molecule has 1 saturated heterocycles. The number of nitrogens with zero attached hydrogens (tertiary/aromatic N) is 4. The van der Waals surface area contributed by atoms with Crippen LogP contribution in [0.5, 0.6) is 0 Å². The number of hydrogen-bond donors (Lipinski definition) is 0. The lowest BCUT2D eigenvalue weighted by Gasteiger charge is -2.30. The van der Waals surface area contributed by atoms with Crippen molar-refractivity contribution in [2.75, 3.05) is 13.1 Å². The van der Waals surface area contributed by atoms with Crippen LogP contribution in [-0.2, 0) is 6.54 Å². The van der Waals surface area contributed by atoms with Crippen LogP contribution < -0.4 is 0 Å². The summed E-state index contributed by atoms with van der Waals surface area (Å²) in [5, 5.41) is 7.38. The van der Waals surface area contributed by atoms with E-state index in [1.165, 1.54) is 5.01 Å². The van der Waals surface area contributed by atoms with Gasteiger partial charge in [0.25, 0.3) is 0 Å². The lowest BCUT2D eigenvalue weighted by atomic mass is 9.97. The van der Waals surface area contributed by atoms with Gasteiger partial charge in [-0.25, -0.2) is 4.98 Å². The minimum atomic E-state index is 0.568. The smallest absolute Gasteiger partial charge is 0.150 e. The molecule has 124 valence electrons. The minimum Gasteiger partial charge on any atom is -0.360 e. The van der Waals surface area contributed by atoms with Crippen molar-refractivity contribution in [3.05, 3.63) is 52.4 Å². The van der Waals surface area contributed by atoms with E-state index in [2.05, 4.69) is 20.4 Å².